The van der Waals surface area contributed by atoms with E-state index in [0.717, 1.165) is 11.4 Å². The summed E-state index contributed by atoms with van der Waals surface area (Å²) < 4.78 is 29.3. The van der Waals surface area contributed by atoms with Crippen molar-refractivity contribution in [2.24, 2.45) is 7.05 Å². The summed E-state index contributed by atoms with van der Waals surface area (Å²) in [6.45, 7) is 0.269. The Morgan fingerprint density at radius 1 is 1.22 bits per heavy atom. The van der Waals surface area contributed by atoms with E-state index in [1.807, 2.05) is 13.2 Å². The van der Waals surface area contributed by atoms with E-state index >= 15 is 0 Å². The Kier molecular flexibility index (Phi) is 3.27. The van der Waals surface area contributed by atoms with Crippen LogP contribution in [0.4, 0.5) is 5.69 Å². The second-order valence-corrected chi connectivity index (χ2v) is 6.39. The van der Waals surface area contributed by atoms with Gasteiger partial charge < -0.3 is 29.0 Å². The molecule has 3 aliphatic rings. The number of cyclic esters (lactones) is 1. The van der Waals surface area contributed by atoms with Crippen molar-refractivity contribution in [1.29, 1.82) is 0 Å². The number of esters is 1. The summed E-state index contributed by atoms with van der Waals surface area (Å²) in [5.41, 5.74) is 3.46. The summed E-state index contributed by atoms with van der Waals surface area (Å²) in [6.07, 6.45) is 1.87. The third-order valence-electron chi connectivity index (χ3n) is 4.92. The first kappa shape index (κ1) is 15.9. The lowest BCUT2D eigenvalue weighted by Gasteiger charge is -2.25. The van der Waals surface area contributed by atoms with Crippen LogP contribution in [0.1, 0.15) is 17.2 Å². The lowest BCUT2D eigenvalue weighted by molar-refractivity contribution is -0.136. The highest BCUT2D eigenvalue weighted by Crippen LogP contribution is 2.55. The summed E-state index contributed by atoms with van der Waals surface area (Å²) in [4.78, 5) is 12.5. The summed E-state index contributed by atoms with van der Waals surface area (Å²) in [6, 6.07) is 1.80. The van der Waals surface area contributed by atoms with Gasteiger partial charge in [0.05, 0.1) is 42.8 Å². The monoisotopic (exact) mass is 371 g/mol. The van der Waals surface area contributed by atoms with E-state index in [4.69, 9.17) is 23.7 Å². The van der Waals surface area contributed by atoms with E-state index < -0.39 is 5.92 Å². The fraction of sp³-hybridized carbons (Fsp3) is 0.333. The average molecular weight is 371 g/mol. The molecular weight excluding hydrogens is 354 g/mol. The first-order chi connectivity index (χ1) is 13.1. The number of carbonyl (C=O) groups excluding carboxylic acids is 1. The van der Waals surface area contributed by atoms with Crippen molar-refractivity contribution >= 4 is 11.7 Å². The summed E-state index contributed by atoms with van der Waals surface area (Å²) >= 11 is 0. The van der Waals surface area contributed by atoms with Gasteiger partial charge in [-0.05, 0) is 6.07 Å². The van der Waals surface area contributed by atoms with Crippen molar-refractivity contribution in [2.45, 2.75) is 5.92 Å². The van der Waals surface area contributed by atoms with Gasteiger partial charge in [-0.25, -0.2) is 4.79 Å². The first-order valence-corrected chi connectivity index (χ1v) is 8.37. The average Bonchev–Trinajstić information content (AvgIpc) is 3.37. The molecule has 0 saturated heterocycles. The van der Waals surface area contributed by atoms with Crippen molar-refractivity contribution < 1.29 is 28.5 Å². The van der Waals surface area contributed by atoms with Crippen LogP contribution >= 0.6 is 0 Å². The molecule has 140 valence electrons. The SMILES string of the molecule is COc1cc([C@H]2C3=C(COC3=O)Nc3cn(C)nc32)c(OC)c2c1OCO2. The number of rotatable bonds is 3. The molecule has 27 heavy (non-hydrogen) atoms. The largest absolute Gasteiger partial charge is 0.493 e. The summed E-state index contributed by atoms with van der Waals surface area (Å²) in [5.74, 6) is 1.07. The van der Waals surface area contributed by atoms with Crippen LogP contribution in [-0.2, 0) is 16.6 Å². The van der Waals surface area contributed by atoms with Crippen LogP contribution in [-0.4, -0.2) is 43.4 Å². The highest BCUT2D eigenvalue weighted by molar-refractivity contribution is 5.97. The van der Waals surface area contributed by atoms with E-state index in [9.17, 15) is 4.79 Å². The highest BCUT2D eigenvalue weighted by atomic mass is 16.7. The van der Waals surface area contributed by atoms with E-state index in [1.165, 1.54) is 0 Å². The molecule has 1 aromatic carbocycles. The van der Waals surface area contributed by atoms with Gasteiger partial charge >= 0.3 is 5.97 Å². The Morgan fingerprint density at radius 3 is 2.81 bits per heavy atom. The van der Waals surface area contributed by atoms with Crippen molar-refractivity contribution in [3.63, 3.8) is 0 Å². The molecule has 2 aromatic rings. The number of hydrogen-bond acceptors (Lipinski definition) is 8. The van der Waals surface area contributed by atoms with Crippen LogP contribution in [0.2, 0.25) is 0 Å². The van der Waals surface area contributed by atoms with E-state index in [-0.39, 0.29) is 19.4 Å². The van der Waals surface area contributed by atoms with Gasteiger partial charge in [-0.3, -0.25) is 4.68 Å². The number of ether oxygens (including phenoxy) is 5. The number of nitrogens with one attached hydrogen (secondary N) is 1. The molecule has 9 heteroatoms. The summed E-state index contributed by atoms with van der Waals surface area (Å²) in [5, 5.41) is 7.82. The molecule has 9 nitrogen and oxygen atoms in total. The van der Waals surface area contributed by atoms with Crippen molar-refractivity contribution in [3.05, 3.63) is 34.8 Å². The van der Waals surface area contributed by atoms with Crippen LogP contribution in [0.5, 0.6) is 23.0 Å². The topological polar surface area (TPSA) is 93.1 Å². The zero-order chi connectivity index (χ0) is 18.7. The molecule has 1 N–H and O–H groups in total. The fourth-order valence-electron chi connectivity index (χ4n) is 3.84. The molecule has 0 amide bonds. The Balaban J connectivity index is 1.79. The maximum atomic E-state index is 12.5. The van der Waals surface area contributed by atoms with Crippen LogP contribution < -0.4 is 24.3 Å². The maximum absolute atomic E-state index is 12.5. The summed E-state index contributed by atoms with van der Waals surface area (Å²) in [7, 11) is 4.94. The molecule has 0 fully saturated rings. The number of nitrogens with zero attached hydrogens (tertiary/aromatic N) is 2. The zero-order valence-electron chi connectivity index (χ0n) is 15.0. The normalized spacial score (nSPS) is 19.4. The first-order valence-electron chi connectivity index (χ1n) is 8.37. The minimum atomic E-state index is -0.481. The Bertz CT molecular complexity index is 1010. The predicted octanol–water partition coefficient (Wildman–Crippen LogP) is 1.53. The molecule has 0 radical (unpaired) electrons. The lowest BCUT2D eigenvalue weighted by atomic mass is 9.84. The molecule has 0 unspecified atom stereocenters. The maximum Gasteiger partial charge on any atom is 0.337 e. The molecule has 0 bridgehead atoms. The Hall–Kier alpha value is -3.36. The number of methoxy groups -OCH3 is 2. The lowest BCUT2D eigenvalue weighted by Crippen LogP contribution is -2.20. The van der Waals surface area contributed by atoms with Gasteiger partial charge in [0, 0.05) is 18.8 Å². The third-order valence-corrected chi connectivity index (χ3v) is 4.92. The standard InChI is InChI=1S/C18H17N3O6/c1-21-5-9-14(20-21)12(13-10(19-9)6-25-18(13)22)8-4-11(23-2)16-17(15(8)24-3)27-7-26-16/h4-5,12,19H,6-7H2,1-3H3/t12-/m0/s1. The van der Waals surface area contributed by atoms with Gasteiger partial charge in [-0.2, -0.15) is 5.10 Å². The van der Waals surface area contributed by atoms with Crippen molar-refractivity contribution in [2.75, 3.05) is 32.9 Å². The van der Waals surface area contributed by atoms with E-state index in [0.29, 0.717) is 39.8 Å². The van der Waals surface area contributed by atoms with Crippen molar-refractivity contribution in [1.82, 2.24) is 9.78 Å². The van der Waals surface area contributed by atoms with Gasteiger partial charge in [0.15, 0.2) is 11.5 Å². The van der Waals surface area contributed by atoms with Gasteiger partial charge in [0.2, 0.25) is 18.3 Å². The minimum Gasteiger partial charge on any atom is -0.493 e. The smallest absolute Gasteiger partial charge is 0.337 e. The second-order valence-electron chi connectivity index (χ2n) is 6.39. The number of fused-ring (bicyclic) bond motifs is 2. The molecule has 0 spiro atoms. The van der Waals surface area contributed by atoms with Gasteiger partial charge in [0.1, 0.15) is 6.61 Å². The highest BCUT2D eigenvalue weighted by Gasteiger charge is 2.43. The molecule has 3 aliphatic heterocycles. The molecule has 1 aromatic heterocycles. The van der Waals surface area contributed by atoms with Crippen molar-refractivity contribution in [3.8, 4) is 23.0 Å². The number of benzene rings is 1. The Morgan fingerprint density at radius 2 is 2.04 bits per heavy atom. The Labute approximate surface area is 154 Å². The molecular formula is C18H17N3O6. The predicted molar refractivity (Wildman–Crippen MR) is 92.3 cm³/mol. The minimum absolute atomic E-state index is 0.0720. The number of aryl methyl sites for hydroxylation is 1. The quantitative estimate of drug-likeness (QED) is 0.812. The van der Waals surface area contributed by atoms with Crippen LogP contribution in [0.3, 0.4) is 0 Å². The van der Waals surface area contributed by atoms with Gasteiger partial charge in [-0.1, -0.05) is 0 Å². The molecule has 0 aliphatic carbocycles. The van der Waals surface area contributed by atoms with E-state index in [1.54, 1.807) is 25.0 Å². The molecule has 5 rings (SSSR count). The van der Waals surface area contributed by atoms with Gasteiger partial charge in [0.25, 0.3) is 0 Å². The van der Waals surface area contributed by atoms with Crippen LogP contribution in [0.15, 0.2) is 23.5 Å². The zero-order valence-corrected chi connectivity index (χ0v) is 15.0. The number of hydrogen-bond donors (Lipinski definition) is 1. The number of carbonyl (C=O) groups is 1. The molecule has 1 atom stereocenters. The molecule has 0 saturated carbocycles. The number of anilines is 1. The van der Waals surface area contributed by atoms with Crippen LogP contribution in [0.25, 0.3) is 0 Å². The third kappa shape index (κ3) is 2.11. The molecule has 4 heterocycles. The number of aromatic nitrogens is 2. The fourth-order valence-corrected chi connectivity index (χ4v) is 3.84. The van der Waals surface area contributed by atoms with Gasteiger partial charge in [-0.15, -0.1) is 0 Å². The van der Waals surface area contributed by atoms with E-state index in [2.05, 4.69) is 10.4 Å². The second kappa shape index (κ2) is 5.57. The van der Waals surface area contributed by atoms with Crippen LogP contribution in [0, 0.1) is 0 Å².